The number of amides is 3. The molecule has 2 atom stereocenters. The molecule has 0 aromatic heterocycles. The average Bonchev–Trinajstić information content (AvgIpc) is 2.73. The molecule has 32 heavy (non-hydrogen) atoms. The lowest BCUT2D eigenvalue weighted by molar-refractivity contribution is -0.384. The van der Waals surface area contributed by atoms with Gasteiger partial charge in [0.2, 0.25) is 0 Å². The number of hydrogen-bond donors (Lipinski definition) is 3. The summed E-state index contributed by atoms with van der Waals surface area (Å²) >= 11 is 5.99. The van der Waals surface area contributed by atoms with Crippen LogP contribution >= 0.6 is 11.6 Å². The first kappa shape index (κ1) is 24.6. The van der Waals surface area contributed by atoms with Gasteiger partial charge in [0, 0.05) is 22.7 Å². The topological polar surface area (TPSA) is 140 Å². The fourth-order valence-corrected chi connectivity index (χ4v) is 3.08. The van der Waals surface area contributed by atoms with E-state index in [0.717, 1.165) is 17.2 Å². The number of aryl methyl sites for hydroxylation is 2. The highest BCUT2D eigenvalue weighted by molar-refractivity contribution is 6.30. The van der Waals surface area contributed by atoms with Crippen molar-refractivity contribution in [3.05, 3.63) is 68.2 Å². The standard InChI is InChI=1S/C21H23ClN4O6/c1-11-8-16(22)9-12(2)18(11)32-14(4)20(28)25-24-19(27)13(3)23-21(29)15-6-5-7-17(10-15)26(30)31/h5-10,13-14H,1-4H3,(H,23,29)(H,24,27)(H,25,28). The molecule has 0 saturated heterocycles. The summed E-state index contributed by atoms with van der Waals surface area (Å²) in [5.74, 6) is -1.46. The summed E-state index contributed by atoms with van der Waals surface area (Å²) in [7, 11) is 0. The van der Waals surface area contributed by atoms with Crippen molar-refractivity contribution >= 4 is 35.0 Å². The molecule has 2 unspecified atom stereocenters. The molecular weight excluding hydrogens is 440 g/mol. The number of ether oxygens (including phenoxy) is 1. The molecule has 0 fully saturated rings. The van der Waals surface area contributed by atoms with E-state index in [1.54, 1.807) is 26.0 Å². The number of nitrogens with one attached hydrogen (secondary N) is 3. The summed E-state index contributed by atoms with van der Waals surface area (Å²) in [6, 6.07) is 7.49. The molecule has 2 aromatic carbocycles. The second-order valence-electron chi connectivity index (χ2n) is 7.11. The predicted molar refractivity (Wildman–Crippen MR) is 117 cm³/mol. The monoisotopic (exact) mass is 462 g/mol. The molecule has 10 nitrogen and oxygen atoms in total. The van der Waals surface area contributed by atoms with E-state index in [4.69, 9.17) is 16.3 Å². The molecule has 0 aliphatic heterocycles. The number of hydrazine groups is 1. The predicted octanol–water partition coefficient (Wildman–Crippen LogP) is 2.60. The van der Waals surface area contributed by atoms with E-state index in [9.17, 15) is 24.5 Å². The number of hydrogen-bond acceptors (Lipinski definition) is 6. The zero-order valence-corrected chi connectivity index (χ0v) is 18.6. The third-order valence-corrected chi connectivity index (χ3v) is 4.68. The van der Waals surface area contributed by atoms with Crippen molar-refractivity contribution in [2.24, 2.45) is 0 Å². The first-order valence-corrected chi connectivity index (χ1v) is 9.95. The van der Waals surface area contributed by atoms with Gasteiger partial charge in [0.15, 0.2) is 6.10 Å². The molecule has 11 heteroatoms. The highest BCUT2D eigenvalue weighted by atomic mass is 35.5. The van der Waals surface area contributed by atoms with E-state index < -0.39 is 34.8 Å². The Kier molecular flexibility index (Phi) is 8.14. The van der Waals surface area contributed by atoms with Crippen molar-refractivity contribution in [2.45, 2.75) is 39.8 Å². The molecule has 0 saturated carbocycles. The lowest BCUT2D eigenvalue weighted by atomic mass is 10.1. The first-order chi connectivity index (χ1) is 15.0. The minimum atomic E-state index is -1.03. The van der Waals surface area contributed by atoms with E-state index in [0.29, 0.717) is 10.8 Å². The van der Waals surface area contributed by atoms with Gasteiger partial charge in [-0.05, 0) is 57.0 Å². The smallest absolute Gasteiger partial charge is 0.279 e. The highest BCUT2D eigenvalue weighted by Gasteiger charge is 2.21. The van der Waals surface area contributed by atoms with Crippen molar-refractivity contribution in [3.63, 3.8) is 0 Å². The van der Waals surface area contributed by atoms with Gasteiger partial charge in [0.25, 0.3) is 23.4 Å². The van der Waals surface area contributed by atoms with Crippen molar-refractivity contribution < 1.29 is 24.0 Å². The lowest BCUT2D eigenvalue weighted by Gasteiger charge is -2.19. The van der Waals surface area contributed by atoms with Crippen LogP contribution in [0.4, 0.5) is 5.69 Å². The van der Waals surface area contributed by atoms with Crippen LogP contribution in [-0.2, 0) is 9.59 Å². The van der Waals surface area contributed by atoms with E-state index in [-0.39, 0.29) is 11.3 Å². The van der Waals surface area contributed by atoms with Crippen LogP contribution in [0.3, 0.4) is 0 Å². The Morgan fingerprint density at radius 3 is 2.22 bits per heavy atom. The van der Waals surface area contributed by atoms with Crippen molar-refractivity contribution in [2.75, 3.05) is 0 Å². The summed E-state index contributed by atoms with van der Waals surface area (Å²) in [6.07, 6.45) is -0.927. The summed E-state index contributed by atoms with van der Waals surface area (Å²) < 4.78 is 5.69. The maximum atomic E-state index is 12.3. The molecule has 2 aromatic rings. The third kappa shape index (κ3) is 6.42. The van der Waals surface area contributed by atoms with Crippen molar-refractivity contribution in [3.8, 4) is 5.75 Å². The Balaban J connectivity index is 1.89. The van der Waals surface area contributed by atoms with Gasteiger partial charge in [-0.25, -0.2) is 0 Å². The Morgan fingerprint density at radius 1 is 1.03 bits per heavy atom. The Hall–Kier alpha value is -3.66. The molecule has 0 heterocycles. The second kappa shape index (κ2) is 10.6. The van der Waals surface area contributed by atoms with Crippen LogP contribution in [-0.4, -0.2) is 34.8 Å². The lowest BCUT2D eigenvalue weighted by Crippen LogP contribution is -2.53. The quantitative estimate of drug-likeness (QED) is 0.427. The Bertz CT molecular complexity index is 1040. The zero-order chi connectivity index (χ0) is 24.0. The van der Waals surface area contributed by atoms with Gasteiger partial charge in [-0.3, -0.25) is 35.3 Å². The number of nitro groups is 1. The minimum Gasteiger partial charge on any atom is -0.480 e. The van der Waals surface area contributed by atoms with E-state index in [1.165, 1.54) is 32.0 Å². The van der Waals surface area contributed by atoms with Gasteiger partial charge >= 0.3 is 0 Å². The van der Waals surface area contributed by atoms with Crippen molar-refractivity contribution in [1.82, 2.24) is 16.2 Å². The van der Waals surface area contributed by atoms with Gasteiger partial charge in [-0.2, -0.15) is 0 Å². The largest absolute Gasteiger partial charge is 0.480 e. The van der Waals surface area contributed by atoms with Crippen LogP contribution in [0, 0.1) is 24.0 Å². The molecular formula is C21H23ClN4O6. The summed E-state index contributed by atoms with van der Waals surface area (Å²) in [6.45, 7) is 6.51. The van der Waals surface area contributed by atoms with Crippen LogP contribution < -0.4 is 20.9 Å². The normalized spacial score (nSPS) is 12.3. The number of nitro benzene ring substituents is 1. The van der Waals surface area contributed by atoms with Crippen LogP contribution in [0.2, 0.25) is 5.02 Å². The van der Waals surface area contributed by atoms with Crippen LogP contribution in [0.5, 0.6) is 5.75 Å². The summed E-state index contributed by atoms with van der Waals surface area (Å²) in [4.78, 5) is 46.9. The Morgan fingerprint density at radius 2 is 1.62 bits per heavy atom. The number of carbonyl (C=O) groups excluding carboxylic acids is 3. The number of nitrogens with zero attached hydrogens (tertiary/aromatic N) is 1. The minimum absolute atomic E-state index is 0.0265. The van der Waals surface area contributed by atoms with Gasteiger partial charge in [0.1, 0.15) is 11.8 Å². The number of carbonyl (C=O) groups is 3. The van der Waals surface area contributed by atoms with Gasteiger partial charge in [-0.1, -0.05) is 17.7 Å². The third-order valence-electron chi connectivity index (χ3n) is 4.46. The van der Waals surface area contributed by atoms with Crippen LogP contribution in [0.15, 0.2) is 36.4 Å². The van der Waals surface area contributed by atoms with E-state index >= 15 is 0 Å². The van der Waals surface area contributed by atoms with Gasteiger partial charge in [0.05, 0.1) is 4.92 Å². The highest BCUT2D eigenvalue weighted by Crippen LogP contribution is 2.27. The fourth-order valence-electron chi connectivity index (χ4n) is 2.75. The van der Waals surface area contributed by atoms with Crippen molar-refractivity contribution in [1.29, 1.82) is 0 Å². The maximum absolute atomic E-state index is 12.3. The molecule has 0 radical (unpaired) electrons. The molecule has 0 aliphatic carbocycles. The SMILES string of the molecule is Cc1cc(Cl)cc(C)c1OC(C)C(=O)NNC(=O)C(C)NC(=O)c1cccc([N+](=O)[O-])c1. The molecule has 3 amide bonds. The number of halogens is 1. The zero-order valence-electron chi connectivity index (χ0n) is 17.9. The molecule has 0 aliphatic rings. The van der Waals surface area contributed by atoms with Crippen LogP contribution in [0.1, 0.15) is 35.3 Å². The van der Waals surface area contributed by atoms with Gasteiger partial charge in [-0.15, -0.1) is 0 Å². The number of benzene rings is 2. The maximum Gasteiger partial charge on any atom is 0.279 e. The fraction of sp³-hybridized carbons (Fsp3) is 0.286. The molecule has 3 N–H and O–H groups in total. The second-order valence-corrected chi connectivity index (χ2v) is 7.55. The first-order valence-electron chi connectivity index (χ1n) is 9.58. The number of rotatable bonds is 7. The summed E-state index contributed by atoms with van der Waals surface area (Å²) in [5.41, 5.74) is 5.75. The molecule has 0 spiro atoms. The average molecular weight is 463 g/mol. The number of non-ortho nitro benzene ring substituents is 1. The molecule has 2 rings (SSSR count). The summed E-state index contributed by atoms with van der Waals surface area (Å²) in [5, 5.41) is 13.8. The van der Waals surface area contributed by atoms with Gasteiger partial charge < -0.3 is 10.1 Å². The molecule has 0 bridgehead atoms. The Labute approximate surface area is 189 Å². The van der Waals surface area contributed by atoms with Crippen LogP contribution in [0.25, 0.3) is 0 Å². The molecule has 170 valence electrons. The van der Waals surface area contributed by atoms with E-state index in [1.807, 2.05) is 0 Å². The van der Waals surface area contributed by atoms with E-state index in [2.05, 4.69) is 16.2 Å².